The summed E-state index contributed by atoms with van der Waals surface area (Å²) in [5.74, 6) is 1.26. The zero-order chi connectivity index (χ0) is 12.5. The van der Waals surface area contributed by atoms with Gasteiger partial charge in [-0.2, -0.15) is 0 Å². The molecule has 3 nitrogen and oxygen atoms in total. The van der Waals surface area contributed by atoms with E-state index in [2.05, 4.69) is 19.2 Å². The molecule has 0 aromatic heterocycles. The van der Waals surface area contributed by atoms with Crippen molar-refractivity contribution in [1.82, 2.24) is 5.32 Å². The van der Waals surface area contributed by atoms with Gasteiger partial charge in [0.15, 0.2) is 5.79 Å². The van der Waals surface area contributed by atoms with Crippen LogP contribution in [-0.2, 0) is 9.47 Å². The fraction of sp³-hybridized carbons (Fsp3) is 1.00. The second-order valence-corrected chi connectivity index (χ2v) is 6.39. The van der Waals surface area contributed by atoms with Gasteiger partial charge in [-0.1, -0.05) is 13.8 Å². The monoisotopic (exact) mass is 241 g/mol. The summed E-state index contributed by atoms with van der Waals surface area (Å²) in [4.78, 5) is 0. The van der Waals surface area contributed by atoms with E-state index in [1.165, 1.54) is 19.3 Å². The molecule has 2 fully saturated rings. The van der Waals surface area contributed by atoms with Gasteiger partial charge < -0.3 is 14.8 Å². The smallest absolute Gasteiger partial charge is 0.162 e. The lowest BCUT2D eigenvalue weighted by Gasteiger charge is -2.40. The summed E-state index contributed by atoms with van der Waals surface area (Å²) in [7, 11) is 0. The number of ether oxygens (including phenoxy) is 2. The predicted molar refractivity (Wildman–Crippen MR) is 68.9 cm³/mol. The van der Waals surface area contributed by atoms with Crippen LogP contribution in [0.25, 0.3) is 0 Å². The van der Waals surface area contributed by atoms with Crippen LogP contribution in [0.5, 0.6) is 0 Å². The van der Waals surface area contributed by atoms with Crippen molar-refractivity contribution in [1.29, 1.82) is 0 Å². The summed E-state index contributed by atoms with van der Waals surface area (Å²) < 4.78 is 11.4. The van der Waals surface area contributed by atoms with Crippen LogP contribution in [-0.4, -0.2) is 31.1 Å². The minimum absolute atomic E-state index is 0.365. The minimum atomic E-state index is -0.398. The van der Waals surface area contributed by atoms with Gasteiger partial charge in [0, 0.05) is 6.04 Å². The molecular formula is C14H27NO2. The lowest BCUT2D eigenvalue weighted by atomic mass is 9.79. The molecule has 1 aliphatic carbocycles. The molecule has 3 atom stereocenters. The Labute approximate surface area is 105 Å². The molecule has 0 radical (unpaired) electrons. The quantitative estimate of drug-likeness (QED) is 0.806. The van der Waals surface area contributed by atoms with Crippen molar-refractivity contribution in [2.45, 2.75) is 64.8 Å². The highest BCUT2D eigenvalue weighted by Gasteiger charge is 2.32. The molecule has 0 aromatic rings. The maximum Gasteiger partial charge on any atom is 0.162 e. The lowest BCUT2D eigenvalue weighted by Crippen LogP contribution is -2.53. The highest BCUT2D eigenvalue weighted by molar-refractivity contribution is 4.85. The Hall–Kier alpha value is -0.120. The van der Waals surface area contributed by atoms with Gasteiger partial charge in [0.05, 0.1) is 19.3 Å². The molecule has 0 amide bonds. The largest absolute Gasteiger partial charge is 0.349 e. The molecule has 1 heterocycles. The molecule has 0 bridgehead atoms. The number of nitrogens with one attached hydrogen (secondary N) is 1. The minimum Gasteiger partial charge on any atom is -0.349 e. The Balaban J connectivity index is 1.78. The van der Waals surface area contributed by atoms with E-state index in [1.807, 2.05) is 13.8 Å². The molecule has 17 heavy (non-hydrogen) atoms. The van der Waals surface area contributed by atoms with Gasteiger partial charge in [-0.15, -0.1) is 0 Å². The third-order valence-corrected chi connectivity index (χ3v) is 4.15. The average Bonchev–Trinajstić information content (AvgIpc) is 2.25. The van der Waals surface area contributed by atoms with E-state index in [0.29, 0.717) is 12.1 Å². The van der Waals surface area contributed by atoms with Crippen LogP contribution in [0.3, 0.4) is 0 Å². The van der Waals surface area contributed by atoms with Gasteiger partial charge in [-0.3, -0.25) is 0 Å². The van der Waals surface area contributed by atoms with Crippen molar-refractivity contribution in [3.05, 3.63) is 0 Å². The number of hydrogen-bond donors (Lipinski definition) is 1. The van der Waals surface area contributed by atoms with Crippen LogP contribution in [0.4, 0.5) is 0 Å². The maximum atomic E-state index is 5.69. The van der Waals surface area contributed by atoms with E-state index in [4.69, 9.17) is 9.47 Å². The first-order chi connectivity index (χ1) is 7.96. The van der Waals surface area contributed by atoms with Crippen molar-refractivity contribution >= 4 is 0 Å². The summed E-state index contributed by atoms with van der Waals surface area (Å²) in [5, 5.41) is 3.72. The summed E-state index contributed by atoms with van der Waals surface area (Å²) in [6, 6.07) is 1.01. The van der Waals surface area contributed by atoms with E-state index < -0.39 is 5.79 Å². The third kappa shape index (κ3) is 3.67. The van der Waals surface area contributed by atoms with Gasteiger partial charge in [-0.25, -0.2) is 0 Å². The topological polar surface area (TPSA) is 30.5 Å². The molecule has 1 saturated heterocycles. The Morgan fingerprint density at radius 3 is 2.29 bits per heavy atom. The molecule has 2 aliphatic rings. The number of hydrogen-bond acceptors (Lipinski definition) is 3. The number of rotatable bonds is 2. The standard InChI is InChI=1S/C14H27NO2/c1-10-5-6-13(11(2)7-10)15-12-8-16-14(3,4)17-9-12/h10-13,15H,5-9H2,1-4H3. The van der Waals surface area contributed by atoms with Crippen molar-refractivity contribution in [3.8, 4) is 0 Å². The highest BCUT2D eigenvalue weighted by Crippen LogP contribution is 2.29. The van der Waals surface area contributed by atoms with Gasteiger partial charge in [-0.05, 0) is 44.9 Å². The van der Waals surface area contributed by atoms with Crippen LogP contribution in [0.1, 0.15) is 47.0 Å². The van der Waals surface area contributed by atoms with E-state index in [9.17, 15) is 0 Å². The van der Waals surface area contributed by atoms with Gasteiger partial charge in [0.2, 0.25) is 0 Å². The Kier molecular flexibility index (Phi) is 4.11. The first-order valence-electron chi connectivity index (χ1n) is 7.00. The van der Waals surface area contributed by atoms with Crippen molar-refractivity contribution in [2.24, 2.45) is 11.8 Å². The average molecular weight is 241 g/mol. The Bertz CT molecular complexity index is 245. The predicted octanol–water partition coefficient (Wildman–Crippen LogP) is 2.55. The molecule has 3 unspecified atom stereocenters. The highest BCUT2D eigenvalue weighted by atomic mass is 16.7. The van der Waals surface area contributed by atoms with Gasteiger partial charge >= 0.3 is 0 Å². The van der Waals surface area contributed by atoms with Crippen LogP contribution < -0.4 is 5.32 Å². The second-order valence-electron chi connectivity index (χ2n) is 6.39. The fourth-order valence-corrected chi connectivity index (χ4v) is 3.00. The summed E-state index contributed by atoms with van der Waals surface area (Å²) in [6.45, 7) is 10.2. The zero-order valence-electron chi connectivity index (χ0n) is 11.7. The summed E-state index contributed by atoms with van der Waals surface area (Å²) in [5.41, 5.74) is 0. The van der Waals surface area contributed by atoms with Crippen LogP contribution in [0.15, 0.2) is 0 Å². The molecule has 2 rings (SSSR count). The van der Waals surface area contributed by atoms with Crippen LogP contribution in [0, 0.1) is 11.8 Å². The van der Waals surface area contributed by atoms with E-state index in [-0.39, 0.29) is 0 Å². The first-order valence-corrected chi connectivity index (χ1v) is 7.00. The van der Waals surface area contributed by atoms with Crippen molar-refractivity contribution in [2.75, 3.05) is 13.2 Å². The molecule has 0 spiro atoms. The molecular weight excluding hydrogens is 214 g/mol. The normalized spacial score (nSPS) is 39.2. The Morgan fingerprint density at radius 1 is 1.06 bits per heavy atom. The second kappa shape index (κ2) is 5.25. The molecule has 3 heteroatoms. The molecule has 1 aliphatic heterocycles. The Morgan fingerprint density at radius 2 is 1.71 bits per heavy atom. The van der Waals surface area contributed by atoms with E-state index >= 15 is 0 Å². The van der Waals surface area contributed by atoms with Crippen molar-refractivity contribution in [3.63, 3.8) is 0 Å². The summed E-state index contributed by atoms with van der Waals surface area (Å²) >= 11 is 0. The van der Waals surface area contributed by atoms with Crippen LogP contribution in [0.2, 0.25) is 0 Å². The zero-order valence-corrected chi connectivity index (χ0v) is 11.7. The molecule has 0 aromatic carbocycles. The third-order valence-electron chi connectivity index (χ3n) is 4.15. The van der Waals surface area contributed by atoms with Gasteiger partial charge in [0.25, 0.3) is 0 Å². The van der Waals surface area contributed by atoms with E-state index in [1.54, 1.807) is 0 Å². The van der Waals surface area contributed by atoms with Gasteiger partial charge in [0.1, 0.15) is 0 Å². The SMILES string of the molecule is CC1CCC(NC2COC(C)(C)OC2)C(C)C1. The fourth-order valence-electron chi connectivity index (χ4n) is 3.00. The van der Waals surface area contributed by atoms with Crippen LogP contribution >= 0.6 is 0 Å². The molecule has 1 saturated carbocycles. The van der Waals surface area contributed by atoms with Crippen molar-refractivity contribution < 1.29 is 9.47 Å². The summed E-state index contributed by atoms with van der Waals surface area (Å²) in [6.07, 6.45) is 3.99. The first kappa shape index (κ1) is 13.3. The molecule has 1 N–H and O–H groups in total. The molecule has 100 valence electrons. The van der Waals surface area contributed by atoms with E-state index in [0.717, 1.165) is 25.0 Å². The lowest BCUT2D eigenvalue weighted by molar-refractivity contribution is -0.254. The maximum absolute atomic E-state index is 5.69.